The van der Waals surface area contributed by atoms with Gasteiger partial charge in [0.2, 0.25) is 0 Å². The Hall–Kier alpha value is -2.61. The molecule has 2 heterocycles. The van der Waals surface area contributed by atoms with Gasteiger partial charge >= 0.3 is 6.18 Å². The quantitative estimate of drug-likeness (QED) is 0.802. The van der Waals surface area contributed by atoms with Crippen LogP contribution < -0.4 is 10.6 Å². The van der Waals surface area contributed by atoms with Crippen LogP contribution in [0.4, 0.5) is 24.7 Å². The Morgan fingerprint density at radius 2 is 1.96 bits per heavy atom. The topological polar surface area (TPSA) is 74.2 Å². The van der Waals surface area contributed by atoms with E-state index in [1.165, 1.54) is 6.07 Å². The molecule has 1 amide bonds. The number of amides is 1. The van der Waals surface area contributed by atoms with Crippen molar-refractivity contribution in [1.82, 2.24) is 4.98 Å². The molecule has 1 aliphatic rings. The summed E-state index contributed by atoms with van der Waals surface area (Å²) in [5.41, 5.74) is -1.47. The number of carbonyl (C=O) groups is 1. The van der Waals surface area contributed by atoms with Crippen LogP contribution in [0, 0.1) is 0 Å². The van der Waals surface area contributed by atoms with Crippen molar-refractivity contribution < 1.29 is 23.1 Å². The molecule has 1 unspecified atom stereocenters. The second-order valence-electron chi connectivity index (χ2n) is 5.47. The maximum absolute atomic E-state index is 12.5. The van der Waals surface area contributed by atoms with E-state index in [-0.39, 0.29) is 18.8 Å². The molecule has 3 rings (SSSR count). The minimum absolute atomic E-state index is 0.0541. The first-order valence-electron chi connectivity index (χ1n) is 7.21. The zero-order chi connectivity index (χ0) is 17.4. The van der Waals surface area contributed by atoms with E-state index in [1.54, 1.807) is 24.3 Å². The molecular weight excluding hydrogens is 323 g/mol. The highest BCUT2D eigenvalue weighted by Gasteiger charge is 2.44. The van der Waals surface area contributed by atoms with Crippen molar-refractivity contribution in [3.63, 3.8) is 0 Å². The number of benzene rings is 1. The number of pyridine rings is 1. The Labute approximate surface area is 135 Å². The molecule has 0 saturated heterocycles. The fourth-order valence-electron chi connectivity index (χ4n) is 2.59. The average Bonchev–Trinajstić information content (AvgIpc) is 2.79. The fraction of sp³-hybridized carbons (Fsp3) is 0.250. The summed E-state index contributed by atoms with van der Waals surface area (Å²) in [5, 5.41) is 16.0. The van der Waals surface area contributed by atoms with Gasteiger partial charge in [-0.1, -0.05) is 18.2 Å². The lowest BCUT2D eigenvalue weighted by Gasteiger charge is -2.21. The van der Waals surface area contributed by atoms with Gasteiger partial charge in [-0.05, 0) is 18.2 Å². The Morgan fingerprint density at radius 1 is 1.21 bits per heavy atom. The van der Waals surface area contributed by atoms with E-state index in [4.69, 9.17) is 0 Å². The van der Waals surface area contributed by atoms with Crippen molar-refractivity contribution >= 4 is 17.4 Å². The summed E-state index contributed by atoms with van der Waals surface area (Å²) in [5.74, 6) is -0.288. The molecule has 5 nitrogen and oxygen atoms in total. The summed E-state index contributed by atoms with van der Waals surface area (Å²) >= 11 is 0. The summed E-state index contributed by atoms with van der Waals surface area (Å²) in [7, 11) is 0. The Balaban J connectivity index is 1.65. The van der Waals surface area contributed by atoms with Crippen LogP contribution in [0.3, 0.4) is 0 Å². The molecule has 1 atom stereocenters. The number of aromatic nitrogens is 1. The lowest BCUT2D eigenvalue weighted by molar-refractivity contribution is -0.137. The summed E-state index contributed by atoms with van der Waals surface area (Å²) in [6.45, 7) is 0.163. The molecule has 1 aromatic carbocycles. The zero-order valence-corrected chi connectivity index (χ0v) is 12.4. The highest BCUT2D eigenvalue weighted by atomic mass is 19.4. The van der Waals surface area contributed by atoms with E-state index < -0.39 is 23.2 Å². The molecule has 0 bridgehead atoms. The molecule has 126 valence electrons. The second-order valence-corrected chi connectivity index (χ2v) is 5.47. The van der Waals surface area contributed by atoms with E-state index in [9.17, 15) is 23.1 Å². The van der Waals surface area contributed by atoms with Crippen LogP contribution >= 0.6 is 0 Å². The van der Waals surface area contributed by atoms with E-state index in [0.717, 1.165) is 12.3 Å². The first-order valence-corrected chi connectivity index (χ1v) is 7.21. The van der Waals surface area contributed by atoms with Gasteiger partial charge in [-0.3, -0.25) is 4.79 Å². The minimum atomic E-state index is -4.44. The van der Waals surface area contributed by atoms with Crippen molar-refractivity contribution in [3.05, 3.63) is 53.7 Å². The van der Waals surface area contributed by atoms with Crippen molar-refractivity contribution in [2.75, 3.05) is 17.2 Å². The lowest BCUT2D eigenvalue weighted by Crippen LogP contribution is -2.36. The molecule has 1 aliphatic heterocycles. The van der Waals surface area contributed by atoms with Crippen molar-refractivity contribution in [2.24, 2.45) is 0 Å². The van der Waals surface area contributed by atoms with Gasteiger partial charge in [0.25, 0.3) is 5.91 Å². The number of para-hydroxylation sites is 1. The molecule has 24 heavy (non-hydrogen) atoms. The number of hydrogen-bond acceptors (Lipinski definition) is 4. The molecule has 0 saturated carbocycles. The van der Waals surface area contributed by atoms with Gasteiger partial charge in [0.05, 0.1) is 5.56 Å². The maximum atomic E-state index is 12.5. The minimum Gasteiger partial charge on any atom is -0.375 e. The van der Waals surface area contributed by atoms with Gasteiger partial charge in [-0.25, -0.2) is 4.98 Å². The largest absolute Gasteiger partial charge is 0.417 e. The van der Waals surface area contributed by atoms with Gasteiger partial charge in [0, 0.05) is 30.4 Å². The van der Waals surface area contributed by atoms with Crippen LogP contribution in [0.2, 0.25) is 0 Å². The van der Waals surface area contributed by atoms with Gasteiger partial charge in [-0.2, -0.15) is 13.2 Å². The third-order valence-electron chi connectivity index (χ3n) is 3.88. The van der Waals surface area contributed by atoms with E-state index in [0.29, 0.717) is 11.3 Å². The van der Waals surface area contributed by atoms with Crippen LogP contribution in [0.5, 0.6) is 0 Å². The number of aliphatic hydroxyl groups is 1. The molecule has 3 N–H and O–H groups in total. The van der Waals surface area contributed by atoms with Crippen molar-refractivity contribution in [3.8, 4) is 0 Å². The Bertz CT molecular complexity index is 762. The number of nitrogens with one attached hydrogen (secondary N) is 2. The SMILES string of the molecule is O=C1Nc2ccccc2C1(O)CCNc1ccc(C(F)(F)F)cn1. The first-order chi connectivity index (χ1) is 11.3. The van der Waals surface area contributed by atoms with Crippen molar-refractivity contribution in [1.29, 1.82) is 0 Å². The first kappa shape index (κ1) is 16.3. The van der Waals surface area contributed by atoms with E-state index in [2.05, 4.69) is 15.6 Å². The molecule has 8 heteroatoms. The number of alkyl halides is 3. The maximum Gasteiger partial charge on any atom is 0.417 e. The number of anilines is 2. The smallest absolute Gasteiger partial charge is 0.375 e. The number of halogens is 3. The number of nitrogens with zero attached hydrogens (tertiary/aromatic N) is 1. The van der Waals surface area contributed by atoms with Crippen LogP contribution in [0.25, 0.3) is 0 Å². The lowest BCUT2D eigenvalue weighted by atomic mass is 9.92. The second kappa shape index (κ2) is 5.79. The highest BCUT2D eigenvalue weighted by molar-refractivity contribution is 6.04. The van der Waals surface area contributed by atoms with Gasteiger partial charge in [0.15, 0.2) is 5.60 Å². The normalized spacial score (nSPS) is 19.8. The van der Waals surface area contributed by atoms with Crippen LogP contribution in [-0.4, -0.2) is 22.5 Å². The molecule has 0 fully saturated rings. The van der Waals surface area contributed by atoms with Crippen LogP contribution in [0.15, 0.2) is 42.6 Å². The predicted molar refractivity (Wildman–Crippen MR) is 81.3 cm³/mol. The third-order valence-corrected chi connectivity index (χ3v) is 3.88. The summed E-state index contributed by atoms with van der Waals surface area (Å²) < 4.78 is 37.4. The van der Waals surface area contributed by atoms with Crippen molar-refractivity contribution in [2.45, 2.75) is 18.2 Å². The van der Waals surface area contributed by atoms with Gasteiger partial charge in [-0.15, -0.1) is 0 Å². The molecule has 0 aliphatic carbocycles. The Morgan fingerprint density at radius 3 is 2.62 bits per heavy atom. The molecule has 0 radical (unpaired) electrons. The highest BCUT2D eigenvalue weighted by Crippen LogP contribution is 2.38. The molecule has 0 spiro atoms. The Kier molecular flexibility index (Phi) is 3.92. The zero-order valence-electron chi connectivity index (χ0n) is 12.4. The number of fused-ring (bicyclic) bond motifs is 1. The molecular formula is C16H14F3N3O2. The van der Waals surface area contributed by atoms with E-state index >= 15 is 0 Å². The summed E-state index contributed by atoms with van der Waals surface area (Å²) in [6, 6.07) is 8.93. The average molecular weight is 337 g/mol. The monoisotopic (exact) mass is 337 g/mol. The van der Waals surface area contributed by atoms with Crippen LogP contribution in [-0.2, 0) is 16.6 Å². The number of hydrogen-bond donors (Lipinski definition) is 3. The number of rotatable bonds is 4. The summed E-state index contributed by atoms with van der Waals surface area (Å²) in [4.78, 5) is 15.7. The van der Waals surface area contributed by atoms with Gasteiger partial charge in [0.1, 0.15) is 5.82 Å². The number of carbonyl (C=O) groups excluding carboxylic acids is 1. The predicted octanol–water partition coefficient (Wildman–Crippen LogP) is 2.74. The molecule has 1 aromatic heterocycles. The third kappa shape index (κ3) is 2.92. The molecule has 2 aromatic rings. The fourth-order valence-corrected chi connectivity index (χ4v) is 2.59. The summed E-state index contributed by atoms with van der Waals surface area (Å²) in [6.07, 6.45) is -3.65. The van der Waals surface area contributed by atoms with E-state index in [1.807, 2.05) is 0 Å². The van der Waals surface area contributed by atoms with Crippen LogP contribution in [0.1, 0.15) is 17.5 Å². The standard InChI is InChI=1S/C16H14F3N3O2/c17-16(18,19)10-5-6-13(21-9-10)20-8-7-15(24)11-3-1-2-4-12(11)22-14(15)23/h1-6,9,24H,7-8H2,(H,20,21)(H,22,23). The van der Waals surface area contributed by atoms with Gasteiger partial charge < -0.3 is 15.7 Å².